The Hall–Kier alpha value is -1.05. The van der Waals surface area contributed by atoms with Gasteiger partial charge in [-0.15, -0.1) is 0 Å². The zero-order valence-electron chi connectivity index (χ0n) is 10.8. The van der Waals surface area contributed by atoms with Gasteiger partial charge >= 0.3 is 0 Å². The molecule has 20 heavy (non-hydrogen) atoms. The Labute approximate surface area is 130 Å². The van der Waals surface area contributed by atoms with Gasteiger partial charge in [0.05, 0.1) is 5.69 Å². The molecule has 0 spiro atoms. The fourth-order valence-electron chi connectivity index (χ4n) is 1.75. The zero-order valence-corrected chi connectivity index (χ0v) is 14.0. The van der Waals surface area contributed by atoms with Crippen LogP contribution in [0, 0.1) is 6.92 Å². The van der Waals surface area contributed by atoms with E-state index in [1.807, 2.05) is 0 Å². The summed E-state index contributed by atoms with van der Waals surface area (Å²) in [7, 11) is 3.35. The van der Waals surface area contributed by atoms with E-state index in [0.29, 0.717) is 15.7 Å². The first-order chi connectivity index (χ1) is 9.27. The van der Waals surface area contributed by atoms with Crippen molar-refractivity contribution in [2.45, 2.75) is 18.4 Å². The molecule has 0 saturated carbocycles. The van der Waals surface area contributed by atoms with Crippen molar-refractivity contribution in [3.05, 3.63) is 40.1 Å². The van der Waals surface area contributed by atoms with Gasteiger partial charge in [-0.2, -0.15) is 5.10 Å². The lowest BCUT2D eigenvalue weighted by Crippen LogP contribution is -2.04. The molecule has 0 saturated heterocycles. The van der Waals surface area contributed by atoms with Gasteiger partial charge in [0, 0.05) is 28.4 Å². The third kappa shape index (κ3) is 3.53. The van der Waals surface area contributed by atoms with E-state index in [4.69, 9.17) is 15.4 Å². The normalized spacial score (nSPS) is 11.6. The van der Waals surface area contributed by atoms with Crippen LogP contribution >= 0.6 is 26.6 Å². The Morgan fingerprint density at radius 1 is 1.45 bits per heavy atom. The Morgan fingerprint density at radius 2 is 2.15 bits per heavy atom. The van der Waals surface area contributed by atoms with Gasteiger partial charge in [-0.05, 0) is 30.7 Å². The summed E-state index contributed by atoms with van der Waals surface area (Å²) in [6, 6.07) is 4.98. The summed E-state index contributed by atoms with van der Waals surface area (Å²) < 4.78 is 31.1. The number of hydrogen-bond donors (Lipinski definition) is 0. The summed E-state index contributed by atoms with van der Waals surface area (Å²) in [6.07, 6.45) is 1.78. The Bertz CT molecular complexity index is 743. The van der Waals surface area contributed by atoms with Gasteiger partial charge in [0.15, 0.2) is 0 Å². The van der Waals surface area contributed by atoms with Crippen molar-refractivity contribution in [2.24, 2.45) is 7.05 Å². The molecule has 0 N–H and O–H groups in total. The lowest BCUT2D eigenvalue weighted by atomic mass is 10.2. The molecule has 1 aromatic heterocycles. The van der Waals surface area contributed by atoms with E-state index >= 15 is 0 Å². The summed E-state index contributed by atoms with van der Waals surface area (Å²) in [5.41, 5.74) is 1.38. The predicted molar refractivity (Wildman–Crippen MR) is 79.5 cm³/mol. The van der Waals surface area contributed by atoms with Gasteiger partial charge in [0.25, 0.3) is 9.05 Å². The minimum absolute atomic E-state index is 0.0537. The van der Waals surface area contributed by atoms with Crippen LogP contribution in [0.3, 0.4) is 0 Å². The number of hydrogen-bond acceptors (Lipinski definition) is 4. The van der Waals surface area contributed by atoms with Crippen LogP contribution in [-0.4, -0.2) is 18.2 Å². The number of nitrogens with zero attached hydrogens (tertiary/aromatic N) is 2. The Kier molecular flexibility index (Phi) is 4.41. The van der Waals surface area contributed by atoms with Crippen molar-refractivity contribution < 1.29 is 13.2 Å². The molecule has 0 atom stereocenters. The third-order valence-electron chi connectivity index (χ3n) is 2.60. The molecule has 108 valence electrons. The maximum atomic E-state index is 11.6. The average molecular weight is 380 g/mol. The molecule has 0 aliphatic carbocycles. The molecule has 0 unspecified atom stereocenters. The number of benzene rings is 1. The largest absolute Gasteiger partial charge is 0.486 e. The molecule has 0 aliphatic heterocycles. The summed E-state index contributed by atoms with van der Waals surface area (Å²) in [4.78, 5) is -0.0537. The summed E-state index contributed by atoms with van der Waals surface area (Å²) in [6.45, 7) is 1.92. The smallest absolute Gasteiger partial charge is 0.265 e. The molecular formula is C12H12BrClN2O3S. The van der Waals surface area contributed by atoms with Crippen molar-refractivity contribution in [1.29, 1.82) is 0 Å². The van der Waals surface area contributed by atoms with Gasteiger partial charge < -0.3 is 4.74 Å². The van der Waals surface area contributed by atoms with Gasteiger partial charge in [-0.3, -0.25) is 4.68 Å². The maximum absolute atomic E-state index is 11.6. The second-order valence-electron chi connectivity index (χ2n) is 4.26. The van der Waals surface area contributed by atoms with E-state index in [-0.39, 0.29) is 17.3 Å². The lowest BCUT2D eigenvalue weighted by Gasteiger charge is -2.12. The monoisotopic (exact) mass is 378 g/mol. The van der Waals surface area contributed by atoms with E-state index in [1.165, 1.54) is 6.07 Å². The number of aryl methyl sites for hydroxylation is 2. The molecule has 0 radical (unpaired) electrons. The first-order valence-corrected chi connectivity index (χ1v) is 8.74. The van der Waals surface area contributed by atoms with Crippen molar-refractivity contribution in [1.82, 2.24) is 9.78 Å². The molecule has 0 aliphatic rings. The SMILES string of the molecule is Cc1cc(Br)cc(S(=O)(=O)Cl)c1OCc1ccn(C)n1. The van der Waals surface area contributed by atoms with Gasteiger partial charge in [-0.1, -0.05) is 15.9 Å². The van der Waals surface area contributed by atoms with E-state index < -0.39 is 9.05 Å². The van der Waals surface area contributed by atoms with Gasteiger partial charge in [0.1, 0.15) is 17.3 Å². The molecule has 2 aromatic rings. The van der Waals surface area contributed by atoms with Crippen LogP contribution < -0.4 is 4.74 Å². The quantitative estimate of drug-likeness (QED) is 0.766. The van der Waals surface area contributed by atoms with Crippen molar-refractivity contribution in [2.75, 3.05) is 0 Å². The molecule has 0 fully saturated rings. The van der Waals surface area contributed by atoms with Crippen LogP contribution in [0.1, 0.15) is 11.3 Å². The summed E-state index contributed by atoms with van der Waals surface area (Å²) in [5.74, 6) is 0.244. The Morgan fingerprint density at radius 3 is 2.70 bits per heavy atom. The molecule has 8 heteroatoms. The highest BCUT2D eigenvalue weighted by molar-refractivity contribution is 9.10. The number of ether oxygens (including phenoxy) is 1. The number of halogens is 2. The van der Waals surface area contributed by atoms with E-state index in [0.717, 1.165) is 0 Å². The first kappa shape index (κ1) is 15.3. The molecule has 1 aromatic carbocycles. The maximum Gasteiger partial charge on any atom is 0.265 e. The van der Waals surface area contributed by atoms with Crippen LogP contribution in [0.2, 0.25) is 0 Å². The molecule has 0 bridgehead atoms. The molecule has 1 heterocycles. The second kappa shape index (κ2) is 5.75. The number of rotatable bonds is 4. The zero-order chi connectivity index (χ0) is 14.9. The van der Waals surface area contributed by atoms with Gasteiger partial charge in [0.2, 0.25) is 0 Å². The minimum atomic E-state index is -3.89. The summed E-state index contributed by atoms with van der Waals surface area (Å²) >= 11 is 3.24. The van der Waals surface area contributed by atoms with E-state index in [2.05, 4.69) is 21.0 Å². The fraction of sp³-hybridized carbons (Fsp3) is 0.250. The topological polar surface area (TPSA) is 61.2 Å². The molecule has 0 amide bonds. The predicted octanol–water partition coefficient (Wildman–Crippen LogP) is 3.00. The number of aromatic nitrogens is 2. The first-order valence-electron chi connectivity index (χ1n) is 5.63. The molecular weight excluding hydrogens is 368 g/mol. The van der Waals surface area contributed by atoms with Gasteiger partial charge in [-0.25, -0.2) is 8.42 Å². The highest BCUT2D eigenvalue weighted by atomic mass is 79.9. The van der Waals surface area contributed by atoms with Crippen LogP contribution in [0.25, 0.3) is 0 Å². The average Bonchev–Trinajstić information content (AvgIpc) is 2.72. The highest BCUT2D eigenvalue weighted by Crippen LogP contribution is 2.34. The van der Waals surface area contributed by atoms with Crippen molar-refractivity contribution in [3.63, 3.8) is 0 Å². The lowest BCUT2D eigenvalue weighted by molar-refractivity contribution is 0.290. The van der Waals surface area contributed by atoms with Crippen LogP contribution in [0.5, 0.6) is 5.75 Å². The standard InChI is InChI=1S/C12H12BrClN2O3S/c1-8-5-9(13)6-11(20(14,17)18)12(8)19-7-10-3-4-16(2)15-10/h3-6H,7H2,1-2H3. The van der Waals surface area contributed by atoms with Crippen LogP contribution in [0.4, 0.5) is 0 Å². The van der Waals surface area contributed by atoms with Crippen molar-refractivity contribution >= 4 is 35.7 Å². The minimum Gasteiger partial charge on any atom is -0.486 e. The molecule has 5 nitrogen and oxygen atoms in total. The van der Waals surface area contributed by atoms with Crippen LogP contribution in [0.15, 0.2) is 33.8 Å². The second-order valence-corrected chi connectivity index (χ2v) is 7.71. The summed E-state index contributed by atoms with van der Waals surface area (Å²) in [5, 5.41) is 4.16. The Balaban J connectivity index is 2.35. The van der Waals surface area contributed by atoms with Crippen LogP contribution in [-0.2, 0) is 22.7 Å². The van der Waals surface area contributed by atoms with E-state index in [1.54, 1.807) is 37.0 Å². The van der Waals surface area contributed by atoms with E-state index in [9.17, 15) is 8.42 Å². The highest BCUT2D eigenvalue weighted by Gasteiger charge is 2.20. The third-order valence-corrected chi connectivity index (χ3v) is 4.39. The fourth-order valence-corrected chi connectivity index (χ4v) is 3.53. The molecule has 2 rings (SSSR count). The van der Waals surface area contributed by atoms with Crippen molar-refractivity contribution in [3.8, 4) is 5.75 Å².